The lowest BCUT2D eigenvalue weighted by Crippen LogP contribution is -2.54. The highest BCUT2D eigenvalue weighted by Crippen LogP contribution is 2.48. The van der Waals surface area contributed by atoms with E-state index >= 15 is 0 Å². The van der Waals surface area contributed by atoms with Gasteiger partial charge in [-0.1, -0.05) is 72.8 Å². The number of carbonyl (C=O) groups is 3. The van der Waals surface area contributed by atoms with Gasteiger partial charge in [-0.15, -0.1) is 0 Å². The molecule has 1 aliphatic carbocycles. The van der Waals surface area contributed by atoms with Crippen LogP contribution in [-0.4, -0.2) is 33.0 Å². The van der Waals surface area contributed by atoms with Crippen molar-refractivity contribution in [1.29, 1.82) is 0 Å². The molecule has 4 atom stereocenters. The van der Waals surface area contributed by atoms with Crippen LogP contribution in [0.2, 0.25) is 0 Å². The van der Waals surface area contributed by atoms with E-state index in [1.165, 1.54) is 25.1 Å². The Bertz CT molecular complexity index is 1250. The molecule has 1 fully saturated rings. The van der Waals surface area contributed by atoms with Gasteiger partial charge in [-0.05, 0) is 12.5 Å². The Hall–Kier alpha value is -3.97. The van der Waals surface area contributed by atoms with E-state index in [9.17, 15) is 29.6 Å². The second-order valence-corrected chi connectivity index (χ2v) is 8.79. The third-order valence-corrected chi connectivity index (χ3v) is 6.41. The second kappa shape index (κ2) is 9.11. The summed E-state index contributed by atoms with van der Waals surface area (Å²) in [5.41, 5.74) is -1.09. The normalized spacial score (nSPS) is 24.4. The second-order valence-electron chi connectivity index (χ2n) is 8.79. The Balaban J connectivity index is 1.92. The number of benzene rings is 3. The van der Waals surface area contributed by atoms with Crippen molar-refractivity contribution in [3.63, 3.8) is 0 Å². The van der Waals surface area contributed by atoms with Crippen LogP contribution in [0.15, 0.2) is 84.9 Å². The van der Waals surface area contributed by atoms with Crippen LogP contribution in [0.5, 0.6) is 0 Å². The maximum atomic E-state index is 13.7. The highest BCUT2D eigenvalue weighted by Gasteiger charge is 2.55. The van der Waals surface area contributed by atoms with Gasteiger partial charge in [0.1, 0.15) is 5.78 Å². The Morgan fingerprint density at radius 1 is 0.912 bits per heavy atom. The molecular weight excluding hydrogens is 434 g/mol. The summed E-state index contributed by atoms with van der Waals surface area (Å²) in [6, 6.07) is 22.2. The van der Waals surface area contributed by atoms with Gasteiger partial charge in [-0.2, -0.15) is 0 Å². The zero-order valence-corrected chi connectivity index (χ0v) is 18.5. The number of Topliss-reactive ketones (excluding diaryl/α,β-unsaturated/α-hetero) is 3. The fourth-order valence-electron chi connectivity index (χ4n) is 4.90. The van der Waals surface area contributed by atoms with Crippen LogP contribution in [0, 0.1) is 22.0 Å². The predicted molar refractivity (Wildman–Crippen MR) is 125 cm³/mol. The van der Waals surface area contributed by atoms with Crippen LogP contribution < -0.4 is 0 Å². The van der Waals surface area contributed by atoms with E-state index < -0.39 is 45.6 Å². The molecule has 7 heteroatoms. The third kappa shape index (κ3) is 4.30. The fourth-order valence-corrected chi connectivity index (χ4v) is 4.90. The lowest BCUT2D eigenvalue weighted by Gasteiger charge is -2.44. The topological polar surface area (TPSA) is 115 Å². The van der Waals surface area contributed by atoms with Crippen molar-refractivity contribution in [1.82, 2.24) is 0 Å². The molecule has 1 aliphatic rings. The summed E-state index contributed by atoms with van der Waals surface area (Å²) in [5.74, 6) is -4.96. The van der Waals surface area contributed by atoms with Gasteiger partial charge < -0.3 is 5.11 Å². The quantitative estimate of drug-likeness (QED) is 0.254. The fraction of sp³-hybridized carbons (Fsp3) is 0.222. The monoisotopic (exact) mass is 457 g/mol. The van der Waals surface area contributed by atoms with Crippen molar-refractivity contribution in [2.24, 2.45) is 11.8 Å². The number of nitrogens with zero attached hydrogens (tertiary/aromatic N) is 1. The van der Waals surface area contributed by atoms with Crippen molar-refractivity contribution in [3.05, 3.63) is 112 Å². The molecule has 0 aliphatic heterocycles. The van der Waals surface area contributed by atoms with Gasteiger partial charge in [0.25, 0.3) is 5.69 Å². The molecule has 0 unspecified atom stereocenters. The Kier molecular flexibility index (Phi) is 6.22. The highest BCUT2D eigenvalue weighted by atomic mass is 16.6. The van der Waals surface area contributed by atoms with E-state index in [4.69, 9.17) is 0 Å². The van der Waals surface area contributed by atoms with Crippen LogP contribution in [0.3, 0.4) is 0 Å². The number of ketones is 3. The summed E-state index contributed by atoms with van der Waals surface area (Å²) in [6.45, 7) is 1.41. The third-order valence-electron chi connectivity index (χ3n) is 6.41. The summed E-state index contributed by atoms with van der Waals surface area (Å²) in [4.78, 5) is 51.5. The first-order valence-corrected chi connectivity index (χ1v) is 10.9. The van der Waals surface area contributed by atoms with Crippen molar-refractivity contribution in [2.75, 3.05) is 0 Å². The number of nitro benzene ring substituents is 1. The molecule has 0 bridgehead atoms. The maximum absolute atomic E-state index is 13.7. The van der Waals surface area contributed by atoms with Crippen LogP contribution in [0.1, 0.15) is 45.5 Å². The number of non-ortho nitro benzene ring substituents is 1. The van der Waals surface area contributed by atoms with Crippen LogP contribution in [-0.2, 0) is 4.79 Å². The van der Waals surface area contributed by atoms with E-state index in [1.54, 1.807) is 66.7 Å². The van der Waals surface area contributed by atoms with E-state index in [0.29, 0.717) is 11.1 Å². The number of aliphatic hydroxyl groups is 1. The molecule has 0 spiro atoms. The summed E-state index contributed by atoms with van der Waals surface area (Å²) in [7, 11) is 0. The Morgan fingerprint density at radius 2 is 1.47 bits per heavy atom. The van der Waals surface area contributed by atoms with Crippen LogP contribution in [0.25, 0.3) is 0 Å². The molecule has 1 N–H and O–H groups in total. The number of nitro groups is 1. The van der Waals surface area contributed by atoms with Crippen LogP contribution >= 0.6 is 0 Å². The first-order valence-electron chi connectivity index (χ1n) is 10.9. The molecule has 7 nitrogen and oxygen atoms in total. The average molecular weight is 457 g/mol. The smallest absolute Gasteiger partial charge is 0.269 e. The molecule has 34 heavy (non-hydrogen) atoms. The summed E-state index contributed by atoms with van der Waals surface area (Å²) in [6.07, 6.45) is -0.384. The van der Waals surface area contributed by atoms with E-state index in [0.717, 1.165) is 0 Å². The van der Waals surface area contributed by atoms with Gasteiger partial charge in [0.2, 0.25) is 0 Å². The number of hydrogen-bond donors (Lipinski definition) is 1. The van der Waals surface area contributed by atoms with Gasteiger partial charge in [-0.3, -0.25) is 24.5 Å². The van der Waals surface area contributed by atoms with Crippen molar-refractivity contribution >= 4 is 23.0 Å². The minimum atomic E-state index is -1.76. The lowest BCUT2D eigenvalue weighted by molar-refractivity contribution is -0.385. The molecule has 4 rings (SSSR count). The zero-order valence-electron chi connectivity index (χ0n) is 18.5. The molecule has 3 aromatic rings. The molecule has 0 radical (unpaired) electrons. The van der Waals surface area contributed by atoms with E-state index in [1.807, 2.05) is 0 Å². The highest BCUT2D eigenvalue weighted by molar-refractivity contribution is 6.13. The standard InChI is InChI=1S/C27H23NO6/c1-27(32)16-21(29)23(25(30)17-9-4-2-5-10-17)22(19-13-8-14-20(15-19)28(33)34)24(27)26(31)18-11-6-3-7-12-18/h2-15,22-24,32H,16H2,1H3/t22-,23+,24+,27+/m0/s1. The molecular formula is C27H23NO6. The molecule has 0 saturated heterocycles. The number of rotatable bonds is 6. The van der Waals surface area contributed by atoms with Gasteiger partial charge in [0, 0.05) is 35.6 Å². The largest absolute Gasteiger partial charge is 0.389 e. The lowest BCUT2D eigenvalue weighted by atomic mass is 9.58. The average Bonchev–Trinajstić information content (AvgIpc) is 2.83. The number of carbonyl (C=O) groups excluding carboxylic acids is 3. The van der Waals surface area contributed by atoms with Crippen LogP contribution in [0.4, 0.5) is 5.69 Å². The van der Waals surface area contributed by atoms with E-state index in [2.05, 4.69) is 0 Å². The maximum Gasteiger partial charge on any atom is 0.269 e. The Labute approximate surface area is 196 Å². The molecule has 0 amide bonds. The van der Waals surface area contributed by atoms with Crippen molar-refractivity contribution in [3.8, 4) is 0 Å². The molecule has 0 aromatic heterocycles. The zero-order chi connectivity index (χ0) is 24.5. The van der Waals surface area contributed by atoms with Crippen molar-refractivity contribution < 1.29 is 24.4 Å². The first-order chi connectivity index (χ1) is 16.2. The number of hydrogen-bond acceptors (Lipinski definition) is 6. The molecule has 172 valence electrons. The molecule has 0 heterocycles. The van der Waals surface area contributed by atoms with E-state index in [-0.39, 0.29) is 17.7 Å². The minimum Gasteiger partial charge on any atom is -0.389 e. The van der Waals surface area contributed by atoms with Gasteiger partial charge in [0.15, 0.2) is 11.6 Å². The van der Waals surface area contributed by atoms with Gasteiger partial charge in [-0.25, -0.2) is 0 Å². The van der Waals surface area contributed by atoms with Crippen molar-refractivity contribution in [2.45, 2.75) is 24.9 Å². The summed E-state index contributed by atoms with van der Waals surface area (Å²) < 4.78 is 0. The molecule has 3 aromatic carbocycles. The van der Waals surface area contributed by atoms with Gasteiger partial charge in [0.05, 0.1) is 22.4 Å². The first kappa shape index (κ1) is 23.2. The van der Waals surface area contributed by atoms with Gasteiger partial charge >= 0.3 is 0 Å². The summed E-state index contributed by atoms with van der Waals surface area (Å²) in [5, 5.41) is 22.8. The Morgan fingerprint density at radius 3 is 2.03 bits per heavy atom. The summed E-state index contributed by atoms with van der Waals surface area (Å²) >= 11 is 0. The molecule has 1 saturated carbocycles. The minimum absolute atomic E-state index is 0.230. The predicted octanol–water partition coefficient (Wildman–Crippen LogP) is 4.40. The SMILES string of the molecule is C[C@@]1(O)CC(=O)[C@@H](C(=O)c2ccccc2)[C@H](c2cccc([N+](=O)[O-])c2)[C@@H]1C(=O)c1ccccc1.